The molecule has 26 heavy (non-hydrogen) atoms. The second-order valence-electron chi connectivity index (χ2n) is 5.72. The molecule has 0 aliphatic heterocycles. The monoisotopic (exact) mass is 369 g/mol. The number of hydrogen-bond acceptors (Lipinski definition) is 5. The van der Waals surface area contributed by atoms with E-state index in [1.807, 2.05) is 55.5 Å². The van der Waals surface area contributed by atoms with E-state index >= 15 is 0 Å². The number of carbonyl (C=O) groups is 2. The zero-order valence-corrected chi connectivity index (χ0v) is 15.4. The molecule has 134 valence electrons. The van der Waals surface area contributed by atoms with Gasteiger partial charge in [-0.05, 0) is 30.0 Å². The normalized spacial score (nSPS) is 10.5. The minimum Gasteiger partial charge on any atom is -0.496 e. The van der Waals surface area contributed by atoms with Crippen molar-refractivity contribution in [1.29, 1.82) is 0 Å². The highest BCUT2D eigenvalue weighted by atomic mass is 32.1. The highest BCUT2D eigenvalue weighted by Gasteiger charge is 2.17. The largest absolute Gasteiger partial charge is 0.496 e. The Balaban J connectivity index is 1.57. The van der Waals surface area contributed by atoms with Gasteiger partial charge in [0.2, 0.25) is 0 Å². The fourth-order valence-corrected chi connectivity index (χ4v) is 3.76. The van der Waals surface area contributed by atoms with Crippen LogP contribution in [0.1, 0.15) is 20.8 Å². The zero-order chi connectivity index (χ0) is 18.5. The first-order valence-electron chi connectivity index (χ1n) is 8.14. The molecule has 0 unspecified atom stereocenters. The standard InChI is InChI=1S/C20H19NO4S/c1-13-15-8-4-6-10-17(15)26-19(13)20(23)25-12-18(22)21-11-14-7-3-5-9-16(14)24-2/h3-10H,11-12H2,1-2H3,(H,21,22). The average Bonchev–Trinajstić information content (AvgIpc) is 3.01. The number of carbonyl (C=O) groups excluding carboxylic acids is 2. The Hall–Kier alpha value is -2.86. The Kier molecular flexibility index (Phi) is 5.53. The third-order valence-electron chi connectivity index (χ3n) is 4.03. The highest BCUT2D eigenvalue weighted by molar-refractivity contribution is 7.21. The van der Waals surface area contributed by atoms with Crippen LogP contribution in [0.5, 0.6) is 5.75 Å². The first kappa shape index (κ1) is 17.9. The maximum absolute atomic E-state index is 12.3. The summed E-state index contributed by atoms with van der Waals surface area (Å²) in [4.78, 5) is 24.8. The summed E-state index contributed by atoms with van der Waals surface area (Å²) in [5, 5.41) is 3.76. The van der Waals surface area contributed by atoms with E-state index < -0.39 is 5.97 Å². The molecule has 0 fully saturated rings. The summed E-state index contributed by atoms with van der Waals surface area (Å²) >= 11 is 1.38. The summed E-state index contributed by atoms with van der Waals surface area (Å²) in [5.41, 5.74) is 1.74. The van der Waals surface area contributed by atoms with Gasteiger partial charge in [0.1, 0.15) is 10.6 Å². The molecule has 3 aromatic rings. The Morgan fingerprint density at radius 2 is 1.81 bits per heavy atom. The Morgan fingerprint density at radius 1 is 1.08 bits per heavy atom. The van der Waals surface area contributed by atoms with Crippen molar-refractivity contribution in [2.45, 2.75) is 13.5 Å². The molecular weight excluding hydrogens is 350 g/mol. The molecule has 0 spiro atoms. The molecular formula is C20H19NO4S. The predicted octanol–water partition coefficient (Wildman–Crippen LogP) is 3.69. The lowest BCUT2D eigenvalue weighted by Gasteiger charge is -2.09. The molecule has 1 N–H and O–H groups in total. The summed E-state index contributed by atoms with van der Waals surface area (Å²) < 4.78 is 11.4. The Bertz CT molecular complexity index is 948. The van der Waals surface area contributed by atoms with Crippen molar-refractivity contribution in [3.8, 4) is 5.75 Å². The van der Waals surface area contributed by atoms with Crippen LogP contribution in [0, 0.1) is 6.92 Å². The highest BCUT2D eigenvalue weighted by Crippen LogP contribution is 2.30. The van der Waals surface area contributed by atoms with Crippen molar-refractivity contribution in [2.24, 2.45) is 0 Å². The van der Waals surface area contributed by atoms with Gasteiger partial charge in [-0.3, -0.25) is 4.79 Å². The molecule has 0 radical (unpaired) electrons. The summed E-state index contributed by atoms with van der Waals surface area (Å²) in [6, 6.07) is 15.2. The number of hydrogen-bond donors (Lipinski definition) is 1. The number of benzene rings is 2. The van der Waals surface area contributed by atoms with Gasteiger partial charge in [-0.15, -0.1) is 11.3 Å². The van der Waals surface area contributed by atoms with Gasteiger partial charge in [-0.2, -0.15) is 0 Å². The smallest absolute Gasteiger partial charge is 0.349 e. The van der Waals surface area contributed by atoms with Gasteiger partial charge in [0, 0.05) is 16.8 Å². The van der Waals surface area contributed by atoms with Gasteiger partial charge in [0.15, 0.2) is 6.61 Å². The third-order valence-corrected chi connectivity index (χ3v) is 5.28. The lowest BCUT2D eigenvalue weighted by atomic mass is 10.1. The molecule has 0 bridgehead atoms. The first-order chi connectivity index (χ1) is 12.6. The molecule has 0 aliphatic rings. The van der Waals surface area contributed by atoms with E-state index in [1.54, 1.807) is 7.11 Å². The minimum atomic E-state index is -0.476. The van der Waals surface area contributed by atoms with Crippen molar-refractivity contribution < 1.29 is 19.1 Å². The summed E-state index contributed by atoms with van der Waals surface area (Å²) in [5.74, 6) is -0.134. The van der Waals surface area contributed by atoms with Crippen molar-refractivity contribution in [3.63, 3.8) is 0 Å². The van der Waals surface area contributed by atoms with Crippen LogP contribution in [0.15, 0.2) is 48.5 Å². The summed E-state index contributed by atoms with van der Waals surface area (Å²) in [6.07, 6.45) is 0. The lowest BCUT2D eigenvalue weighted by Crippen LogP contribution is -2.28. The fourth-order valence-electron chi connectivity index (χ4n) is 2.66. The van der Waals surface area contributed by atoms with Crippen LogP contribution in [0.4, 0.5) is 0 Å². The topological polar surface area (TPSA) is 64.6 Å². The van der Waals surface area contributed by atoms with Crippen LogP contribution >= 0.6 is 11.3 Å². The molecule has 1 amide bonds. The van der Waals surface area contributed by atoms with Crippen molar-refractivity contribution in [3.05, 3.63) is 64.5 Å². The van der Waals surface area contributed by atoms with Gasteiger partial charge in [-0.1, -0.05) is 36.4 Å². The van der Waals surface area contributed by atoms with Gasteiger partial charge in [0.25, 0.3) is 5.91 Å². The maximum Gasteiger partial charge on any atom is 0.349 e. The molecule has 5 nitrogen and oxygen atoms in total. The zero-order valence-electron chi connectivity index (χ0n) is 14.6. The molecule has 6 heteroatoms. The van der Waals surface area contributed by atoms with Crippen molar-refractivity contribution >= 4 is 33.3 Å². The number of esters is 1. The number of amides is 1. The number of fused-ring (bicyclic) bond motifs is 1. The van der Waals surface area contributed by atoms with Crippen LogP contribution < -0.4 is 10.1 Å². The first-order valence-corrected chi connectivity index (χ1v) is 8.95. The second-order valence-corrected chi connectivity index (χ2v) is 6.77. The number of rotatable bonds is 6. The van der Waals surface area contributed by atoms with E-state index in [9.17, 15) is 9.59 Å². The van der Waals surface area contributed by atoms with E-state index in [4.69, 9.17) is 9.47 Å². The van der Waals surface area contributed by atoms with E-state index in [-0.39, 0.29) is 12.5 Å². The predicted molar refractivity (Wildman–Crippen MR) is 102 cm³/mol. The minimum absolute atomic E-state index is 0.308. The fraction of sp³-hybridized carbons (Fsp3) is 0.200. The van der Waals surface area contributed by atoms with E-state index in [2.05, 4.69) is 5.32 Å². The molecule has 0 aliphatic carbocycles. The van der Waals surface area contributed by atoms with Crippen LogP contribution in [0.25, 0.3) is 10.1 Å². The number of para-hydroxylation sites is 1. The van der Waals surface area contributed by atoms with E-state index in [1.165, 1.54) is 11.3 Å². The van der Waals surface area contributed by atoms with Gasteiger partial charge < -0.3 is 14.8 Å². The molecule has 2 aromatic carbocycles. The van der Waals surface area contributed by atoms with Gasteiger partial charge >= 0.3 is 5.97 Å². The molecule has 3 rings (SSSR count). The number of thiophene rings is 1. The Morgan fingerprint density at radius 3 is 2.58 bits per heavy atom. The van der Waals surface area contributed by atoms with Crippen LogP contribution in [0.3, 0.4) is 0 Å². The third kappa shape index (κ3) is 3.86. The molecule has 0 saturated heterocycles. The van der Waals surface area contributed by atoms with Gasteiger partial charge in [0.05, 0.1) is 7.11 Å². The van der Waals surface area contributed by atoms with Gasteiger partial charge in [-0.25, -0.2) is 4.79 Å². The van der Waals surface area contributed by atoms with E-state index in [0.717, 1.165) is 21.2 Å². The maximum atomic E-state index is 12.3. The molecule has 1 aromatic heterocycles. The van der Waals surface area contributed by atoms with Crippen LogP contribution in [0.2, 0.25) is 0 Å². The second kappa shape index (κ2) is 8.01. The van der Waals surface area contributed by atoms with E-state index in [0.29, 0.717) is 17.2 Å². The Labute approximate surface area is 155 Å². The summed E-state index contributed by atoms with van der Waals surface area (Å²) in [6.45, 7) is 1.88. The molecule has 1 heterocycles. The quantitative estimate of drug-likeness (QED) is 0.673. The number of methoxy groups -OCH3 is 1. The SMILES string of the molecule is COc1ccccc1CNC(=O)COC(=O)c1sc2ccccc2c1C. The van der Waals surface area contributed by atoms with Crippen molar-refractivity contribution in [2.75, 3.05) is 13.7 Å². The number of ether oxygens (including phenoxy) is 2. The molecule has 0 atom stereocenters. The average molecular weight is 369 g/mol. The molecule has 0 saturated carbocycles. The van der Waals surface area contributed by atoms with Crippen LogP contribution in [-0.4, -0.2) is 25.6 Å². The lowest BCUT2D eigenvalue weighted by molar-refractivity contribution is -0.124. The number of aryl methyl sites for hydroxylation is 1. The summed E-state index contributed by atoms with van der Waals surface area (Å²) in [7, 11) is 1.58. The number of nitrogens with one attached hydrogen (secondary N) is 1. The van der Waals surface area contributed by atoms with Crippen LogP contribution in [-0.2, 0) is 16.1 Å². The van der Waals surface area contributed by atoms with Crippen molar-refractivity contribution in [1.82, 2.24) is 5.32 Å².